The van der Waals surface area contributed by atoms with E-state index in [0.29, 0.717) is 5.75 Å². The smallest absolute Gasteiger partial charge is 0.257 e. The molecule has 0 radical (unpaired) electrons. The number of nitrogens with one attached hydrogen (secondary N) is 2. The van der Waals surface area contributed by atoms with Gasteiger partial charge in [0.15, 0.2) is 6.61 Å². The Morgan fingerprint density at radius 1 is 0.957 bits per heavy atom. The highest BCUT2D eigenvalue weighted by Crippen LogP contribution is 2.13. The van der Waals surface area contributed by atoms with Gasteiger partial charge in [0.2, 0.25) is 0 Å². The second-order valence-electron chi connectivity index (χ2n) is 5.63. The van der Waals surface area contributed by atoms with E-state index < -0.39 is 0 Å². The third kappa shape index (κ3) is 5.42. The van der Waals surface area contributed by atoms with E-state index >= 15 is 0 Å². The van der Waals surface area contributed by atoms with Crippen LogP contribution in [-0.4, -0.2) is 19.6 Å². The zero-order valence-corrected chi connectivity index (χ0v) is 14.0. The molecule has 2 rings (SSSR count). The van der Waals surface area contributed by atoms with Crippen LogP contribution in [0.15, 0.2) is 42.5 Å². The minimum atomic E-state index is -0.135. The molecule has 122 valence electrons. The number of likely N-dealkylation sites (N-methyl/N-ethyl adjacent to an activating group) is 1. The zero-order chi connectivity index (χ0) is 16.7. The van der Waals surface area contributed by atoms with Crippen LogP contribution < -0.4 is 15.4 Å². The molecule has 2 aromatic rings. The highest BCUT2D eigenvalue weighted by molar-refractivity contribution is 5.77. The summed E-state index contributed by atoms with van der Waals surface area (Å²) < 4.78 is 5.38. The summed E-state index contributed by atoms with van der Waals surface area (Å²) in [5.74, 6) is 0.565. The van der Waals surface area contributed by atoms with Gasteiger partial charge >= 0.3 is 0 Å². The summed E-state index contributed by atoms with van der Waals surface area (Å²) in [6, 6.07) is 14.3. The molecule has 4 heteroatoms. The van der Waals surface area contributed by atoms with E-state index in [0.717, 1.165) is 13.1 Å². The van der Waals surface area contributed by atoms with E-state index in [1.807, 2.05) is 24.3 Å². The van der Waals surface area contributed by atoms with E-state index in [1.165, 1.54) is 22.3 Å². The van der Waals surface area contributed by atoms with Crippen molar-refractivity contribution in [3.8, 4) is 5.75 Å². The molecule has 0 aromatic heterocycles. The monoisotopic (exact) mass is 312 g/mol. The second kappa shape index (κ2) is 8.34. The molecule has 0 saturated carbocycles. The molecule has 0 aliphatic rings. The van der Waals surface area contributed by atoms with Crippen LogP contribution >= 0.6 is 0 Å². The number of hydrogen-bond acceptors (Lipinski definition) is 3. The first kappa shape index (κ1) is 17.0. The van der Waals surface area contributed by atoms with Gasteiger partial charge in [0, 0.05) is 20.1 Å². The van der Waals surface area contributed by atoms with Gasteiger partial charge in [0.25, 0.3) is 5.91 Å². The average molecular weight is 312 g/mol. The molecule has 0 aliphatic heterocycles. The van der Waals surface area contributed by atoms with Crippen LogP contribution in [0.4, 0.5) is 0 Å². The Kier molecular flexibility index (Phi) is 6.18. The lowest BCUT2D eigenvalue weighted by atomic mass is 10.1. The van der Waals surface area contributed by atoms with Gasteiger partial charge in [-0.25, -0.2) is 0 Å². The number of amides is 1. The molecule has 2 N–H and O–H groups in total. The fraction of sp³-hybridized carbons (Fsp3) is 0.316. The van der Waals surface area contributed by atoms with Gasteiger partial charge in [0.05, 0.1) is 0 Å². The van der Waals surface area contributed by atoms with Crippen molar-refractivity contribution < 1.29 is 9.53 Å². The summed E-state index contributed by atoms with van der Waals surface area (Å²) in [6.45, 7) is 5.94. The number of hydrogen-bond donors (Lipinski definition) is 2. The summed E-state index contributed by atoms with van der Waals surface area (Å²) in [5.41, 5.74) is 5.11. The molecule has 23 heavy (non-hydrogen) atoms. The number of aryl methyl sites for hydroxylation is 2. The van der Waals surface area contributed by atoms with Crippen molar-refractivity contribution in [1.29, 1.82) is 0 Å². The Morgan fingerprint density at radius 2 is 1.61 bits per heavy atom. The first-order valence-corrected chi connectivity index (χ1v) is 7.77. The first-order valence-electron chi connectivity index (χ1n) is 7.77. The number of benzene rings is 2. The van der Waals surface area contributed by atoms with Gasteiger partial charge in [-0.2, -0.15) is 0 Å². The molecule has 0 fully saturated rings. The Labute approximate surface area is 137 Å². The van der Waals surface area contributed by atoms with Crippen LogP contribution in [-0.2, 0) is 17.9 Å². The lowest BCUT2D eigenvalue weighted by molar-refractivity contribution is -0.122. The molecule has 1 amide bonds. The second-order valence-corrected chi connectivity index (χ2v) is 5.63. The molecule has 0 unspecified atom stereocenters. The van der Waals surface area contributed by atoms with Gasteiger partial charge in [-0.1, -0.05) is 30.3 Å². The standard InChI is InChI=1S/C19H24N2O2/c1-14-4-5-17(10-15(14)2)12-21-11-16-6-8-18(9-7-16)23-13-19(22)20-3/h4-10,21H,11-13H2,1-3H3,(H,20,22). The van der Waals surface area contributed by atoms with Crippen LogP contribution in [0.2, 0.25) is 0 Å². The number of carbonyl (C=O) groups excluding carboxylic acids is 1. The molecule has 0 atom stereocenters. The van der Waals surface area contributed by atoms with E-state index in [4.69, 9.17) is 4.74 Å². The SMILES string of the molecule is CNC(=O)COc1ccc(CNCc2ccc(C)c(C)c2)cc1. The minimum absolute atomic E-state index is 0.0425. The van der Waals surface area contributed by atoms with Crippen molar-refractivity contribution in [2.45, 2.75) is 26.9 Å². The maximum absolute atomic E-state index is 11.1. The fourth-order valence-corrected chi connectivity index (χ4v) is 2.19. The summed E-state index contributed by atoms with van der Waals surface area (Å²) in [4.78, 5) is 11.1. The molecule has 4 nitrogen and oxygen atoms in total. The molecular formula is C19H24N2O2. The normalized spacial score (nSPS) is 10.4. The van der Waals surface area contributed by atoms with Crippen LogP contribution in [0.25, 0.3) is 0 Å². The van der Waals surface area contributed by atoms with Crippen molar-refractivity contribution in [1.82, 2.24) is 10.6 Å². The molecule has 0 bridgehead atoms. The summed E-state index contributed by atoms with van der Waals surface area (Å²) in [7, 11) is 1.59. The highest BCUT2D eigenvalue weighted by Gasteiger charge is 2.01. The predicted octanol–water partition coefficient (Wildman–Crippen LogP) is 2.72. The Balaban J connectivity index is 1.79. The topological polar surface area (TPSA) is 50.4 Å². The maximum atomic E-state index is 11.1. The highest BCUT2D eigenvalue weighted by atomic mass is 16.5. The van der Waals surface area contributed by atoms with Crippen molar-refractivity contribution in [3.05, 3.63) is 64.7 Å². The molecule has 0 heterocycles. The first-order chi connectivity index (χ1) is 11.1. The Bertz CT molecular complexity index is 651. The Morgan fingerprint density at radius 3 is 2.26 bits per heavy atom. The molecule has 2 aromatic carbocycles. The van der Waals surface area contributed by atoms with Gasteiger partial charge in [-0.05, 0) is 48.2 Å². The number of carbonyl (C=O) groups is 1. The van der Waals surface area contributed by atoms with Gasteiger partial charge in [0.1, 0.15) is 5.75 Å². The summed E-state index contributed by atoms with van der Waals surface area (Å²) in [6.07, 6.45) is 0. The van der Waals surface area contributed by atoms with Crippen molar-refractivity contribution in [2.75, 3.05) is 13.7 Å². The number of rotatable bonds is 7. The Hall–Kier alpha value is -2.33. The van der Waals surface area contributed by atoms with Crippen LogP contribution in [0.3, 0.4) is 0 Å². The van der Waals surface area contributed by atoms with E-state index in [1.54, 1.807) is 7.05 Å². The lowest BCUT2D eigenvalue weighted by Gasteiger charge is -2.09. The largest absolute Gasteiger partial charge is 0.484 e. The molecule has 0 saturated heterocycles. The van der Waals surface area contributed by atoms with E-state index in [-0.39, 0.29) is 12.5 Å². The third-order valence-corrected chi connectivity index (χ3v) is 3.80. The maximum Gasteiger partial charge on any atom is 0.257 e. The quantitative estimate of drug-likeness (QED) is 0.826. The molecule has 0 aliphatic carbocycles. The van der Waals surface area contributed by atoms with Crippen molar-refractivity contribution in [3.63, 3.8) is 0 Å². The lowest BCUT2D eigenvalue weighted by Crippen LogP contribution is -2.24. The average Bonchev–Trinajstić information content (AvgIpc) is 2.57. The van der Waals surface area contributed by atoms with Crippen molar-refractivity contribution >= 4 is 5.91 Å². The van der Waals surface area contributed by atoms with Crippen LogP contribution in [0.5, 0.6) is 5.75 Å². The van der Waals surface area contributed by atoms with Gasteiger partial charge < -0.3 is 15.4 Å². The van der Waals surface area contributed by atoms with Gasteiger partial charge in [-0.15, -0.1) is 0 Å². The molecule has 0 spiro atoms. The van der Waals surface area contributed by atoms with Crippen molar-refractivity contribution in [2.24, 2.45) is 0 Å². The van der Waals surface area contributed by atoms with Crippen LogP contribution in [0, 0.1) is 13.8 Å². The third-order valence-electron chi connectivity index (χ3n) is 3.80. The number of ether oxygens (including phenoxy) is 1. The minimum Gasteiger partial charge on any atom is -0.484 e. The van der Waals surface area contributed by atoms with Crippen LogP contribution in [0.1, 0.15) is 22.3 Å². The summed E-state index contributed by atoms with van der Waals surface area (Å²) in [5, 5.41) is 5.96. The van der Waals surface area contributed by atoms with E-state index in [2.05, 4.69) is 42.7 Å². The van der Waals surface area contributed by atoms with E-state index in [9.17, 15) is 4.79 Å². The fourth-order valence-electron chi connectivity index (χ4n) is 2.19. The van der Waals surface area contributed by atoms with Gasteiger partial charge in [-0.3, -0.25) is 4.79 Å². The zero-order valence-electron chi connectivity index (χ0n) is 14.0. The molecular weight excluding hydrogens is 288 g/mol. The summed E-state index contributed by atoms with van der Waals surface area (Å²) >= 11 is 0. The predicted molar refractivity (Wildman–Crippen MR) is 92.5 cm³/mol.